The molecule has 31 heavy (non-hydrogen) atoms. The van der Waals surface area contributed by atoms with Crippen LogP contribution in [0, 0.1) is 0 Å². The number of carboxylic acids is 2. The molecule has 0 bridgehead atoms. The van der Waals surface area contributed by atoms with Crippen LogP contribution in [0.2, 0.25) is 0 Å². The van der Waals surface area contributed by atoms with E-state index < -0.39 is 11.9 Å². The molecule has 11 heteroatoms. The van der Waals surface area contributed by atoms with Crippen LogP contribution in [-0.2, 0) is 9.59 Å². The van der Waals surface area contributed by atoms with Gasteiger partial charge in [-0.15, -0.1) is 0 Å². The highest BCUT2D eigenvalue weighted by atomic mass is 16.6. The van der Waals surface area contributed by atoms with Crippen molar-refractivity contribution in [2.75, 3.05) is 44.8 Å². The standard InChI is InChI=1S/C18H24N4O3.C2H2O4/c1-5-15(17-16(6-1)24-13-14-25-17)23-12-4-8-19-7-2-9-20-18-21-10-3-11-22-18;3-1(4)2(5)6/h1,3,5-6,10-11,19H,2,4,7-9,12-14H2,(H,20,21,22);(H,3,4)(H,5,6). The second kappa shape index (κ2) is 13.6. The van der Waals surface area contributed by atoms with Crippen LogP contribution in [0.1, 0.15) is 12.8 Å². The van der Waals surface area contributed by atoms with Gasteiger partial charge in [0.2, 0.25) is 11.7 Å². The molecule has 0 spiro atoms. The molecule has 0 saturated carbocycles. The van der Waals surface area contributed by atoms with E-state index in [9.17, 15) is 0 Å². The number of carboxylic acid groups (broad SMARTS) is 2. The van der Waals surface area contributed by atoms with Crippen molar-refractivity contribution < 1.29 is 34.0 Å². The van der Waals surface area contributed by atoms with E-state index in [1.165, 1.54) is 0 Å². The molecule has 0 radical (unpaired) electrons. The first kappa shape index (κ1) is 23.7. The van der Waals surface area contributed by atoms with Crippen LogP contribution in [-0.4, -0.2) is 71.6 Å². The van der Waals surface area contributed by atoms with Gasteiger partial charge in [0.25, 0.3) is 0 Å². The Hall–Kier alpha value is -3.60. The van der Waals surface area contributed by atoms with Crippen LogP contribution in [0.5, 0.6) is 17.2 Å². The van der Waals surface area contributed by atoms with Crippen molar-refractivity contribution in [2.24, 2.45) is 0 Å². The number of anilines is 1. The predicted octanol–water partition coefficient (Wildman–Crippen LogP) is 1.26. The number of aromatic nitrogens is 2. The smallest absolute Gasteiger partial charge is 0.414 e. The van der Waals surface area contributed by atoms with Gasteiger partial charge in [-0.2, -0.15) is 0 Å². The van der Waals surface area contributed by atoms with E-state index in [-0.39, 0.29) is 0 Å². The lowest BCUT2D eigenvalue weighted by atomic mass is 10.3. The summed E-state index contributed by atoms with van der Waals surface area (Å²) in [7, 11) is 0. The number of aliphatic carboxylic acids is 2. The number of ether oxygens (including phenoxy) is 3. The maximum absolute atomic E-state index is 9.10. The minimum absolute atomic E-state index is 0.566. The highest BCUT2D eigenvalue weighted by molar-refractivity contribution is 6.27. The van der Waals surface area contributed by atoms with Crippen LogP contribution in [0.4, 0.5) is 5.95 Å². The second-order valence-electron chi connectivity index (χ2n) is 6.20. The van der Waals surface area contributed by atoms with E-state index in [1.807, 2.05) is 18.2 Å². The minimum Gasteiger partial charge on any atom is -0.489 e. The fraction of sp³-hybridized carbons (Fsp3) is 0.400. The minimum atomic E-state index is -1.82. The third-order valence-corrected chi connectivity index (χ3v) is 3.85. The molecule has 0 unspecified atom stereocenters. The summed E-state index contributed by atoms with van der Waals surface area (Å²) in [6.45, 7) is 4.50. The van der Waals surface area contributed by atoms with E-state index in [0.29, 0.717) is 25.8 Å². The molecule has 1 aromatic heterocycles. The summed E-state index contributed by atoms with van der Waals surface area (Å²) >= 11 is 0. The number of para-hydroxylation sites is 1. The van der Waals surface area contributed by atoms with Crippen LogP contribution in [0.3, 0.4) is 0 Å². The summed E-state index contributed by atoms with van der Waals surface area (Å²) in [5.74, 6) is -0.741. The van der Waals surface area contributed by atoms with Crippen molar-refractivity contribution in [3.05, 3.63) is 36.7 Å². The van der Waals surface area contributed by atoms with Crippen LogP contribution >= 0.6 is 0 Å². The average molecular weight is 434 g/mol. The van der Waals surface area contributed by atoms with Crippen molar-refractivity contribution in [1.29, 1.82) is 0 Å². The molecule has 0 saturated heterocycles. The number of hydrogen-bond acceptors (Lipinski definition) is 9. The Balaban J connectivity index is 0.000000501. The number of carbonyl (C=O) groups is 2. The summed E-state index contributed by atoms with van der Waals surface area (Å²) in [6.07, 6.45) is 5.40. The Morgan fingerprint density at radius 2 is 1.68 bits per heavy atom. The van der Waals surface area contributed by atoms with Crippen molar-refractivity contribution in [1.82, 2.24) is 15.3 Å². The summed E-state index contributed by atoms with van der Waals surface area (Å²) < 4.78 is 17.0. The zero-order valence-corrected chi connectivity index (χ0v) is 17.0. The Bertz CT molecular complexity index is 808. The number of nitrogens with one attached hydrogen (secondary N) is 2. The van der Waals surface area contributed by atoms with Gasteiger partial charge >= 0.3 is 11.9 Å². The van der Waals surface area contributed by atoms with Gasteiger partial charge in [-0.1, -0.05) is 6.07 Å². The molecule has 0 aliphatic carbocycles. The van der Waals surface area contributed by atoms with Crippen molar-refractivity contribution in [3.63, 3.8) is 0 Å². The number of benzene rings is 1. The van der Waals surface area contributed by atoms with E-state index in [2.05, 4.69) is 20.6 Å². The summed E-state index contributed by atoms with van der Waals surface area (Å²) in [5, 5.41) is 21.4. The van der Waals surface area contributed by atoms with Crippen molar-refractivity contribution >= 4 is 17.9 Å². The van der Waals surface area contributed by atoms with Crippen LogP contribution < -0.4 is 24.8 Å². The topological polar surface area (TPSA) is 152 Å². The van der Waals surface area contributed by atoms with E-state index >= 15 is 0 Å². The lowest BCUT2D eigenvalue weighted by Crippen LogP contribution is -2.21. The summed E-state index contributed by atoms with van der Waals surface area (Å²) in [5.41, 5.74) is 0. The first-order chi connectivity index (χ1) is 15.1. The SMILES string of the molecule is O=C(O)C(=O)O.c1cnc(NCCCNCCCOc2cccc3c2OCCO3)nc1. The first-order valence-corrected chi connectivity index (χ1v) is 9.77. The molecule has 1 aromatic carbocycles. The number of nitrogens with zero attached hydrogens (tertiary/aromatic N) is 2. The lowest BCUT2D eigenvalue weighted by Gasteiger charge is -2.20. The molecule has 168 valence electrons. The van der Waals surface area contributed by atoms with Gasteiger partial charge in [-0.25, -0.2) is 19.6 Å². The summed E-state index contributed by atoms with van der Waals surface area (Å²) in [6, 6.07) is 7.54. The molecule has 2 heterocycles. The lowest BCUT2D eigenvalue weighted by molar-refractivity contribution is -0.159. The quantitative estimate of drug-likeness (QED) is 0.316. The first-order valence-electron chi connectivity index (χ1n) is 9.77. The molecule has 2 aromatic rings. The van der Waals surface area contributed by atoms with Crippen LogP contribution in [0.15, 0.2) is 36.7 Å². The third kappa shape index (κ3) is 9.17. The van der Waals surface area contributed by atoms with Gasteiger partial charge in [-0.05, 0) is 44.1 Å². The Morgan fingerprint density at radius 1 is 0.968 bits per heavy atom. The monoisotopic (exact) mass is 434 g/mol. The van der Waals surface area contributed by atoms with E-state index in [1.54, 1.807) is 18.5 Å². The molecular formula is C20H26N4O7. The fourth-order valence-corrected chi connectivity index (χ4v) is 2.47. The zero-order chi connectivity index (χ0) is 22.3. The normalized spacial score (nSPS) is 11.6. The van der Waals surface area contributed by atoms with Crippen molar-refractivity contribution in [3.8, 4) is 17.2 Å². The molecule has 1 aliphatic heterocycles. The molecule has 0 fully saturated rings. The molecule has 4 N–H and O–H groups in total. The maximum Gasteiger partial charge on any atom is 0.414 e. The fourth-order valence-electron chi connectivity index (χ4n) is 2.47. The van der Waals surface area contributed by atoms with Gasteiger partial charge in [0.05, 0.1) is 6.61 Å². The Kier molecular flexibility index (Phi) is 10.4. The highest BCUT2D eigenvalue weighted by Gasteiger charge is 2.16. The van der Waals surface area contributed by atoms with Gasteiger partial charge < -0.3 is 35.1 Å². The van der Waals surface area contributed by atoms with Crippen LogP contribution in [0.25, 0.3) is 0 Å². The largest absolute Gasteiger partial charge is 0.489 e. The number of hydrogen-bond donors (Lipinski definition) is 4. The van der Waals surface area contributed by atoms with Gasteiger partial charge in [0.1, 0.15) is 13.2 Å². The maximum atomic E-state index is 9.10. The molecule has 3 rings (SSSR count). The van der Waals surface area contributed by atoms with E-state index in [4.69, 9.17) is 34.0 Å². The van der Waals surface area contributed by atoms with Crippen molar-refractivity contribution in [2.45, 2.75) is 12.8 Å². The third-order valence-electron chi connectivity index (χ3n) is 3.85. The average Bonchev–Trinajstić information content (AvgIpc) is 2.79. The van der Waals surface area contributed by atoms with Gasteiger partial charge in [0, 0.05) is 18.9 Å². The molecule has 11 nitrogen and oxygen atoms in total. The van der Waals surface area contributed by atoms with E-state index in [0.717, 1.165) is 49.7 Å². The predicted molar refractivity (Wildman–Crippen MR) is 111 cm³/mol. The van der Waals surface area contributed by atoms with Gasteiger partial charge in [0.15, 0.2) is 11.5 Å². The second-order valence-corrected chi connectivity index (χ2v) is 6.20. The Morgan fingerprint density at radius 3 is 2.42 bits per heavy atom. The molecule has 1 aliphatic rings. The van der Waals surface area contributed by atoms with Gasteiger partial charge in [-0.3, -0.25) is 0 Å². The number of fused-ring (bicyclic) bond motifs is 1. The number of rotatable bonds is 10. The highest BCUT2D eigenvalue weighted by Crippen LogP contribution is 2.38. The molecular weight excluding hydrogens is 408 g/mol. The molecule has 0 amide bonds. The Labute approximate surface area is 179 Å². The molecule has 0 atom stereocenters. The zero-order valence-electron chi connectivity index (χ0n) is 17.0. The summed E-state index contributed by atoms with van der Waals surface area (Å²) in [4.78, 5) is 26.4.